The Morgan fingerprint density at radius 2 is 2.23 bits per heavy atom. The van der Waals surface area contributed by atoms with Crippen molar-refractivity contribution in [2.45, 2.75) is 6.54 Å². The number of nitrogens with two attached hydrogens (primary N) is 1. The van der Waals surface area contributed by atoms with E-state index in [0.29, 0.717) is 12.4 Å². The molecule has 0 saturated heterocycles. The first kappa shape index (κ1) is 7.74. The quantitative estimate of drug-likeness (QED) is 0.626. The van der Waals surface area contributed by atoms with Crippen LogP contribution in [0.2, 0.25) is 0 Å². The third-order valence-corrected chi connectivity index (χ3v) is 1.50. The van der Waals surface area contributed by atoms with Crippen LogP contribution in [0.5, 0.6) is 0 Å². The molecule has 7 heteroatoms. The molecule has 2 N–H and O–H groups in total. The molecule has 13 heavy (non-hydrogen) atoms. The lowest BCUT2D eigenvalue weighted by Gasteiger charge is -1.97. The predicted molar refractivity (Wildman–Crippen MR) is 42.6 cm³/mol. The molecule has 2 aromatic heterocycles. The Kier molecular flexibility index (Phi) is 1.93. The molecule has 0 spiro atoms. The fourth-order valence-electron chi connectivity index (χ4n) is 0.850. The van der Waals surface area contributed by atoms with E-state index in [1.807, 2.05) is 0 Å². The number of aromatic nitrogens is 6. The highest BCUT2D eigenvalue weighted by Crippen LogP contribution is 1.98. The van der Waals surface area contributed by atoms with Crippen LogP contribution in [0.3, 0.4) is 0 Å². The van der Waals surface area contributed by atoms with E-state index in [9.17, 15) is 0 Å². The van der Waals surface area contributed by atoms with Gasteiger partial charge in [0, 0.05) is 6.54 Å². The first-order valence-electron chi connectivity index (χ1n) is 3.66. The minimum atomic E-state index is 0.378. The van der Waals surface area contributed by atoms with Gasteiger partial charge in [0.1, 0.15) is 6.33 Å². The van der Waals surface area contributed by atoms with Gasteiger partial charge >= 0.3 is 0 Å². The summed E-state index contributed by atoms with van der Waals surface area (Å²) < 4.78 is 1.42. The van der Waals surface area contributed by atoms with E-state index in [1.54, 1.807) is 12.1 Å². The molecule has 2 aromatic rings. The fourth-order valence-corrected chi connectivity index (χ4v) is 0.850. The smallest absolute Gasteiger partial charge is 0.179 e. The van der Waals surface area contributed by atoms with Crippen molar-refractivity contribution in [2.24, 2.45) is 5.73 Å². The third kappa shape index (κ3) is 1.49. The molecule has 0 aliphatic rings. The van der Waals surface area contributed by atoms with Crippen molar-refractivity contribution in [1.29, 1.82) is 0 Å². The van der Waals surface area contributed by atoms with Crippen molar-refractivity contribution in [3.8, 4) is 5.82 Å². The van der Waals surface area contributed by atoms with E-state index in [0.717, 1.165) is 5.69 Å². The van der Waals surface area contributed by atoms with E-state index in [2.05, 4.69) is 25.7 Å². The SMILES string of the molecule is NCc1ccc(-n2cnnn2)nn1. The van der Waals surface area contributed by atoms with Crippen LogP contribution in [0.15, 0.2) is 18.5 Å². The maximum absolute atomic E-state index is 5.37. The van der Waals surface area contributed by atoms with Crippen molar-refractivity contribution in [3.63, 3.8) is 0 Å². The third-order valence-electron chi connectivity index (χ3n) is 1.50. The summed E-state index contributed by atoms with van der Waals surface area (Å²) in [5.41, 5.74) is 6.10. The van der Waals surface area contributed by atoms with Crippen molar-refractivity contribution < 1.29 is 0 Å². The minimum Gasteiger partial charge on any atom is -0.325 e. The molecule has 0 aliphatic carbocycles. The first-order chi connectivity index (χ1) is 6.40. The van der Waals surface area contributed by atoms with Gasteiger partial charge in [-0.05, 0) is 22.6 Å². The zero-order valence-electron chi connectivity index (χ0n) is 6.70. The van der Waals surface area contributed by atoms with Gasteiger partial charge in [0.25, 0.3) is 0 Å². The Morgan fingerprint density at radius 1 is 1.31 bits per heavy atom. The van der Waals surface area contributed by atoms with Gasteiger partial charge in [-0.15, -0.1) is 10.2 Å². The van der Waals surface area contributed by atoms with Gasteiger partial charge < -0.3 is 5.73 Å². The second-order valence-corrected chi connectivity index (χ2v) is 2.34. The van der Waals surface area contributed by atoms with Gasteiger partial charge in [-0.2, -0.15) is 9.78 Å². The summed E-state index contributed by atoms with van der Waals surface area (Å²) in [6, 6.07) is 3.54. The Morgan fingerprint density at radius 3 is 2.77 bits per heavy atom. The van der Waals surface area contributed by atoms with Crippen molar-refractivity contribution >= 4 is 0 Å². The maximum Gasteiger partial charge on any atom is 0.179 e. The summed E-state index contributed by atoms with van der Waals surface area (Å²) >= 11 is 0. The van der Waals surface area contributed by atoms with Crippen molar-refractivity contribution in [3.05, 3.63) is 24.2 Å². The van der Waals surface area contributed by atoms with Crippen LogP contribution in [0, 0.1) is 0 Å². The van der Waals surface area contributed by atoms with Crippen LogP contribution in [0.4, 0.5) is 0 Å². The lowest BCUT2D eigenvalue weighted by molar-refractivity contribution is 0.746. The number of hydrogen-bond acceptors (Lipinski definition) is 6. The average molecular weight is 177 g/mol. The molecule has 0 radical (unpaired) electrons. The van der Waals surface area contributed by atoms with E-state index < -0.39 is 0 Å². The lowest BCUT2D eigenvalue weighted by Crippen LogP contribution is -2.05. The summed E-state index contributed by atoms with van der Waals surface area (Å²) in [4.78, 5) is 0. The van der Waals surface area contributed by atoms with Crippen molar-refractivity contribution in [1.82, 2.24) is 30.4 Å². The Bertz CT molecular complexity index is 364. The molecule has 0 amide bonds. The van der Waals surface area contributed by atoms with Gasteiger partial charge in [-0.1, -0.05) is 0 Å². The largest absolute Gasteiger partial charge is 0.325 e. The molecule has 0 atom stereocenters. The number of rotatable bonds is 2. The van der Waals surface area contributed by atoms with Gasteiger partial charge in [0.05, 0.1) is 5.69 Å². The van der Waals surface area contributed by atoms with Crippen LogP contribution in [0.1, 0.15) is 5.69 Å². The molecule has 0 fully saturated rings. The molecule has 2 heterocycles. The van der Waals surface area contributed by atoms with Crippen molar-refractivity contribution in [2.75, 3.05) is 0 Å². The van der Waals surface area contributed by atoms with Crippen LogP contribution in [-0.2, 0) is 6.54 Å². The summed E-state index contributed by atoms with van der Waals surface area (Å²) in [7, 11) is 0. The number of hydrogen-bond donors (Lipinski definition) is 1. The average Bonchev–Trinajstić information content (AvgIpc) is 2.71. The zero-order valence-corrected chi connectivity index (χ0v) is 6.70. The van der Waals surface area contributed by atoms with Crippen LogP contribution in [-0.4, -0.2) is 30.4 Å². The van der Waals surface area contributed by atoms with E-state index in [1.165, 1.54) is 11.0 Å². The molecule has 7 nitrogen and oxygen atoms in total. The van der Waals surface area contributed by atoms with E-state index in [-0.39, 0.29) is 0 Å². The second-order valence-electron chi connectivity index (χ2n) is 2.34. The number of tetrazole rings is 1. The summed E-state index contributed by atoms with van der Waals surface area (Å²) in [6.07, 6.45) is 1.45. The molecule has 0 bridgehead atoms. The Balaban J connectivity index is 2.33. The molecule has 0 saturated carbocycles. The molecule has 0 aromatic carbocycles. The number of nitrogens with zero attached hydrogens (tertiary/aromatic N) is 6. The highest BCUT2D eigenvalue weighted by Gasteiger charge is 1.99. The monoisotopic (exact) mass is 177 g/mol. The van der Waals surface area contributed by atoms with Gasteiger partial charge in [0.15, 0.2) is 5.82 Å². The highest BCUT2D eigenvalue weighted by atomic mass is 15.5. The van der Waals surface area contributed by atoms with Crippen LogP contribution < -0.4 is 5.73 Å². The molecule has 0 aliphatic heterocycles. The summed E-state index contributed by atoms with van der Waals surface area (Å²) in [5.74, 6) is 0.571. The summed E-state index contributed by atoms with van der Waals surface area (Å²) in [6.45, 7) is 0.378. The Labute approximate surface area is 73.6 Å². The predicted octanol–water partition coefficient (Wildman–Crippen LogP) is -1.09. The zero-order chi connectivity index (χ0) is 9.10. The lowest BCUT2D eigenvalue weighted by atomic mass is 10.4. The van der Waals surface area contributed by atoms with Gasteiger partial charge in [-0.25, -0.2) is 0 Å². The minimum absolute atomic E-state index is 0.378. The first-order valence-corrected chi connectivity index (χ1v) is 3.66. The normalized spacial score (nSPS) is 10.2. The highest BCUT2D eigenvalue weighted by molar-refractivity contribution is 5.18. The molecular formula is C6H7N7. The van der Waals surface area contributed by atoms with E-state index in [4.69, 9.17) is 5.73 Å². The molecular weight excluding hydrogens is 170 g/mol. The molecule has 2 rings (SSSR count). The fraction of sp³-hybridized carbons (Fsp3) is 0.167. The Hall–Kier alpha value is -1.89. The second kappa shape index (κ2) is 3.23. The molecule has 0 unspecified atom stereocenters. The molecule has 66 valence electrons. The summed E-state index contributed by atoms with van der Waals surface area (Å²) in [5, 5.41) is 18.4. The maximum atomic E-state index is 5.37. The van der Waals surface area contributed by atoms with Crippen LogP contribution >= 0.6 is 0 Å². The van der Waals surface area contributed by atoms with Gasteiger partial charge in [-0.3, -0.25) is 0 Å². The van der Waals surface area contributed by atoms with Crippen LogP contribution in [0.25, 0.3) is 5.82 Å². The van der Waals surface area contributed by atoms with Gasteiger partial charge in [0.2, 0.25) is 0 Å². The van der Waals surface area contributed by atoms with E-state index >= 15 is 0 Å². The standard InChI is InChI=1S/C6H7N7/c7-3-5-1-2-6(10-9-5)13-4-8-11-12-13/h1-2,4H,3,7H2. The topological polar surface area (TPSA) is 95.4 Å².